The molecule has 2 aliphatic rings. The zero-order valence-electron chi connectivity index (χ0n) is 10.4. The molecule has 0 radical (unpaired) electrons. The van der Waals surface area contributed by atoms with Gasteiger partial charge in [-0.05, 0) is 18.2 Å². The number of nitrogens with zero attached hydrogens (tertiary/aromatic N) is 1. The molecule has 3 rings (SSSR count). The summed E-state index contributed by atoms with van der Waals surface area (Å²) in [6.07, 6.45) is -0.298. The zero-order valence-corrected chi connectivity index (χ0v) is 10.4. The third kappa shape index (κ3) is 1.90. The second-order valence-electron chi connectivity index (χ2n) is 4.85. The minimum absolute atomic E-state index is 0.298. The van der Waals surface area contributed by atoms with Gasteiger partial charge in [0, 0.05) is 25.1 Å². The molecule has 0 spiro atoms. The van der Waals surface area contributed by atoms with Crippen LogP contribution in [-0.2, 0) is 16.1 Å². The molecule has 0 aromatic heterocycles. The van der Waals surface area contributed by atoms with E-state index in [1.807, 2.05) is 32.0 Å². The summed E-state index contributed by atoms with van der Waals surface area (Å²) in [4.78, 5) is 13.1. The quantitative estimate of drug-likeness (QED) is 0.766. The molecule has 0 bridgehead atoms. The summed E-state index contributed by atoms with van der Waals surface area (Å²) in [5.74, 6) is 0.212. The molecule has 96 valence electrons. The van der Waals surface area contributed by atoms with E-state index in [2.05, 4.69) is 0 Å². The van der Waals surface area contributed by atoms with Gasteiger partial charge in [0.2, 0.25) is 5.79 Å². The van der Waals surface area contributed by atoms with Crippen molar-refractivity contribution in [3.63, 3.8) is 0 Å². The van der Waals surface area contributed by atoms with E-state index in [9.17, 15) is 4.79 Å². The number of cyclic esters (lactones) is 1. The highest BCUT2D eigenvalue weighted by atomic mass is 16.7. The lowest BCUT2D eigenvalue weighted by atomic mass is 10.1. The number of carbonyl (C=O) groups is 1. The average Bonchev–Trinajstić information content (AvgIpc) is 2.74. The minimum atomic E-state index is -0.596. The highest BCUT2D eigenvalue weighted by molar-refractivity contribution is 5.89. The molecule has 0 unspecified atom stereocenters. The molecular weight excluding hydrogens is 234 g/mol. The van der Waals surface area contributed by atoms with Crippen molar-refractivity contribution >= 4 is 11.8 Å². The Morgan fingerprint density at radius 1 is 1.33 bits per heavy atom. The van der Waals surface area contributed by atoms with Gasteiger partial charge in [0.1, 0.15) is 12.4 Å². The van der Waals surface area contributed by atoms with Crippen molar-refractivity contribution < 1.29 is 19.0 Å². The van der Waals surface area contributed by atoms with Crippen LogP contribution in [0.5, 0.6) is 5.75 Å². The van der Waals surface area contributed by atoms with Crippen LogP contribution >= 0.6 is 0 Å². The monoisotopic (exact) mass is 249 g/mol. The van der Waals surface area contributed by atoms with Crippen LogP contribution in [0.3, 0.4) is 0 Å². The molecule has 1 saturated heterocycles. The summed E-state index contributed by atoms with van der Waals surface area (Å²) in [6, 6.07) is 5.66. The third-order valence-corrected chi connectivity index (χ3v) is 3.05. The molecule has 5 nitrogen and oxygen atoms in total. The predicted octanol–water partition coefficient (Wildman–Crippen LogP) is 2.29. The second kappa shape index (κ2) is 3.88. The normalized spacial score (nSPS) is 21.2. The molecular formula is C13H15NO4. The number of rotatable bonds is 1. The van der Waals surface area contributed by atoms with Crippen molar-refractivity contribution in [2.45, 2.75) is 26.2 Å². The van der Waals surface area contributed by atoms with E-state index in [0.29, 0.717) is 19.8 Å². The lowest BCUT2D eigenvalue weighted by Crippen LogP contribution is -2.35. The molecule has 0 N–H and O–H groups in total. The molecule has 1 fully saturated rings. The smallest absolute Gasteiger partial charge is 0.414 e. The van der Waals surface area contributed by atoms with Crippen LogP contribution in [0.1, 0.15) is 19.4 Å². The summed E-state index contributed by atoms with van der Waals surface area (Å²) < 4.78 is 16.2. The van der Waals surface area contributed by atoms with Crippen molar-refractivity contribution in [1.82, 2.24) is 0 Å². The summed E-state index contributed by atoms with van der Waals surface area (Å²) in [5, 5.41) is 0. The maximum absolute atomic E-state index is 11.5. The van der Waals surface area contributed by atoms with Gasteiger partial charge in [-0.25, -0.2) is 4.79 Å². The fourth-order valence-corrected chi connectivity index (χ4v) is 2.12. The Hall–Kier alpha value is -1.75. The average molecular weight is 249 g/mol. The molecule has 1 amide bonds. The maximum atomic E-state index is 11.5. The molecule has 0 aliphatic carbocycles. The molecule has 2 aliphatic heterocycles. The lowest BCUT2D eigenvalue weighted by molar-refractivity contribution is -0.180. The van der Waals surface area contributed by atoms with Crippen molar-refractivity contribution in [2.24, 2.45) is 0 Å². The van der Waals surface area contributed by atoms with Crippen LogP contribution in [0.25, 0.3) is 0 Å². The number of amides is 1. The fourth-order valence-electron chi connectivity index (χ4n) is 2.12. The first-order chi connectivity index (χ1) is 8.55. The number of fused-ring (bicyclic) bond motifs is 1. The Kier molecular flexibility index (Phi) is 2.45. The van der Waals surface area contributed by atoms with Crippen LogP contribution in [0.4, 0.5) is 10.5 Å². The van der Waals surface area contributed by atoms with Gasteiger partial charge in [-0.3, -0.25) is 4.90 Å². The number of hydrogen-bond donors (Lipinski definition) is 0. The van der Waals surface area contributed by atoms with Crippen LogP contribution < -0.4 is 9.64 Å². The Morgan fingerprint density at radius 2 is 2.17 bits per heavy atom. The summed E-state index contributed by atoms with van der Waals surface area (Å²) in [6.45, 7) is 5.27. The Labute approximate surface area is 105 Å². The SMILES string of the molecule is CC1(C)OCc2cc(N3CCOC3=O)ccc2O1. The number of ether oxygens (including phenoxy) is 3. The zero-order chi connectivity index (χ0) is 12.8. The summed E-state index contributed by atoms with van der Waals surface area (Å²) in [7, 11) is 0. The van der Waals surface area contributed by atoms with Gasteiger partial charge in [-0.15, -0.1) is 0 Å². The van der Waals surface area contributed by atoms with Gasteiger partial charge in [0.15, 0.2) is 0 Å². The Balaban J connectivity index is 1.90. The first-order valence-corrected chi connectivity index (χ1v) is 5.95. The van der Waals surface area contributed by atoms with E-state index in [4.69, 9.17) is 14.2 Å². The van der Waals surface area contributed by atoms with E-state index >= 15 is 0 Å². The molecule has 0 saturated carbocycles. The lowest BCUT2D eigenvalue weighted by Gasteiger charge is -2.33. The first-order valence-electron chi connectivity index (χ1n) is 5.95. The molecule has 1 aromatic rings. The third-order valence-electron chi connectivity index (χ3n) is 3.05. The highest BCUT2D eigenvalue weighted by Crippen LogP contribution is 2.34. The van der Waals surface area contributed by atoms with E-state index in [1.54, 1.807) is 4.90 Å². The van der Waals surface area contributed by atoms with E-state index < -0.39 is 5.79 Å². The van der Waals surface area contributed by atoms with Crippen LogP contribution in [0, 0.1) is 0 Å². The van der Waals surface area contributed by atoms with Gasteiger partial charge in [0.05, 0.1) is 13.2 Å². The van der Waals surface area contributed by atoms with Crippen LogP contribution in [-0.4, -0.2) is 25.0 Å². The number of anilines is 1. The molecule has 18 heavy (non-hydrogen) atoms. The van der Waals surface area contributed by atoms with Gasteiger partial charge in [-0.2, -0.15) is 0 Å². The van der Waals surface area contributed by atoms with Gasteiger partial charge in [0.25, 0.3) is 0 Å². The Morgan fingerprint density at radius 3 is 2.89 bits per heavy atom. The summed E-state index contributed by atoms with van der Waals surface area (Å²) >= 11 is 0. The fraction of sp³-hybridized carbons (Fsp3) is 0.462. The second-order valence-corrected chi connectivity index (χ2v) is 4.85. The van der Waals surface area contributed by atoms with Gasteiger partial charge in [-0.1, -0.05) is 0 Å². The maximum Gasteiger partial charge on any atom is 0.414 e. The highest BCUT2D eigenvalue weighted by Gasteiger charge is 2.29. The Bertz CT molecular complexity index is 498. The topological polar surface area (TPSA) is 48.0 Å². The van der Waals surface area contributed by atoms with E-state index in [0.717, 1.165) is 17.0 Å². The molecule has 0 atom stereocenters. The minimum Gasteiger partial charge on any atom is -0.463 e. The van der Waals surface area contributed by atoms with Crippen molar-refractivity contribution in [2.75, 3.05) is 18.1 Å². The molecule has 2 heterocycles. The van der Waals surface area contributed by atoms with Crippen molar-refractivity contribution in [1.29, 1.82) is 0 Å². The first kappa shape index (κ1) is 11.3. The van der Waals surface area contributed by atoms with E-state index in [1.165, 1.54) is 0 Å². The number of benzene rings is 1. The standard InChI is InChI=1S/C13H15NO4/c1-13(2)17-8-9-7-10(3-4-11(9)18-13)14-5-6-16-12(14)15/h3-4,7H,5-6,8H2,1-2H3. The summed E-state index contributed by atoms with van der Waals surface area (Å²) in [5.41, 5.74) is 1.77. The number of hydrogen-bond acceptors (Lipinski definition) is 4. The number of carbonyl (C=O) groups excluding carboxylic acids is 1. The molecule has 1 aromatic carbocycles. The van der Waals surface area contributed by atoms with Crippen molar-refractivity contribution in [3.8, 4) is 5.75 Å². The van der Waals surface area contributed by atoms with E-state index in [-0.39, 0.29) is 6.09 Å². The molecule has 5 heteroatoms. The van der Waals surface area contributed by atoms with Crippen LogP contribution in [0.15, 0.2) is 18.2 Å². The predicted molar refractivity (Wildman–Crippen MR) is 64.6 cm³/mol. The van der Waals surface area contributed by atoms with Gasteiger partial charge >= 0.3 is 6.09 Å². The largest absolute Gasteiger partial charge is 0.463 e. The van der Waals surface area contributed by atoms with Crippen LogP contribution in [0.2, 0.25) is 0 Å². The van der Waals surface area contributed by atoms with Crippen molar-refractivity contribution in [3.05, 3.63) is 23.8 Å². The van der Waals surface area contributed by atoms with Gasteiger partial charge < -0.3 is 14.2 Å².